The summed E-state index contributed by atoms with van der Waals surface area (Å²) in [5, 5.41) is 9.36. The van der Waals surface area contributed by atoms with Gasteiger partial charge in [-0.3, -0.25) is 0 Å². The minimum absolute atomic E-state index is 0.108. The van der Waals surface area contributed by atoms with E-state index in [1.54, 1.807) is 12.1 Å². The number of aromatic hydroxyl groups is 1. The zero-order valence-electron chi connectivity index (χ0n) is 8.98. The smallest absolute Gasteiger partial charge is 0.433 e. The highest BCUT2D eigenvalue weighted by Gasteiger charge is 2.32. The second-order valence-corrected chi connectivity index (χ2v) is 4.55. The standard InChI is InChI=1S/C12H8F3NOS/c13-12(14,15)10-2-1-3-11(16-10)18-9-6-4-8(17)5-7-9/h1-7,17H. The van der Waals surface area contributed by atoms with Crippen molar-refractivity contribution >= 4 is 11.8 Å². The average molecular weight is 271 g/mol. The summed E-state index contributed by atoms with van der Waals surface area (Å²) < 4.78 is 37.4. The van der Waals surface area contributed by atoms with Crippen LogP contribution in [-0.4, -0.2) is 10.1 Å². The summed E-state index contributed by atoms with van der Waals surface area (Å²) in [5.41, 5.74) is -0.911. The van der Waals surface area contributed by atoms with Crippen LogP contribution in [0, 0.1) is 0 Å². The molecule has 1 N–H and O–H groups in total. The molecule has 0 aliphatic rings. The zero-order chi connectivity index (χ0) is 13.2. The van der Waals surface area contributed by atoms with Crippen LogP contribution in [0.3, 0.4) is 0 Å². The van der Waals surface area contributed by atoms with Gasteiger partial charge in [0.05, 0.1) is 0 Å². The molecule has 1 aromatic heterocycles. The molecule has 0 bridgehead atoms. The zero-order valence-corrected chi connectivity index (χ0v) is 9.79. The van der Waals surface area contributed by atoms with Crippen LogP contribution in [0.1, 0.15) is 5.69 Å². The monoisotopic (exact) mass is 271 g/mol. The molecule has 94 valence electrons. The van der Waals surface area contributed by atoms with Crippen molar-refractivity contribution in [1.29, 1.82) is 0 Å². The van der Waals surface area contributed by atoms with Crippen molar-refractivity contribution in [2.24, 2.45) is 0 Å². The molecule has 18 heavy (non-hydrogen) atoms. The van der Waals surface area contributed by atoms with Crippen LogP contribution in [-0.2, 0) is 6.18 Å². The van der Waals surface area contributed by atoms with Gasteiger partial charge in [0, 0.05) is 4.90 Å². The van der Waals surface area contributed by atoms with E-state index in [4.69, 9.17) is 5.11 Å². The van der Waals surface area contributed by atoms with Gasteiger partial charge in [0.2, 0.25) is 0 Å². The summed E-state index contributed by atoms with van der Waals surface area (Å²) >= 11 is 1.10. The molecule has 1 heterocycles. The lowest BCUT2D eigenvalue weighted by molar-refractivity contribution is -0.141. The molecular formula is C12H8F3NOS. The Morgan fingerprint density at radius 2 is 1.67 bits per heavy atom. The highest BCUT2D eigenvalue weighted by atomic mass is 32.2. The molecule has 0 saturated heterocycles. The third-order valence-corrected chi connectivity index (χ3v) is 3.02. The fourth-order valence-corrected chi connectivity index (χ4v) is 2.07. The molecule has 0 saturated carbocycles. The second kappa shape index (κ2) is 4.89. The van der Waals surface area contributed by atoms with E-state index in [1.165, 1.54) is 24.3 Å². The van der Waals surface area contributed by atoms with Crippen molar-refractivity contribution in [3.05, 3.63) is 48.2 Å². The topological polar surface area (TPSA) is 33.1 Å². The van der Waals surface area contributed by atoms with Crippen molar-refractivity contribution in [3.63, 3.8) is 0 Å². The lowest BCUT2D eigenvalue weighted by Gasteiger charge is -2.07. The van der Waals surface area contributed by atoms with E-state index < -0.39 is 11.9 Å². The van der Waals surface area contributed by atoms with E-state index in [0.717, 1.165) is 17.8 Å². The summed E-state index contributed by atoms with van der Waals surface area (Å²) in [6.45, 7) is 0. The van der Waals surface area contributed by atoms with Gasteiger partial charge in [-0.05, 0) is 36.4 Å². The van der Waals surface area contributed by atoms with Crippen LogP contribution < -0.4 is 0 Å². The number of pyridine rings is 1. The predicted octanol–water partition coefficient (Wildman–Crippen LogP) is 3.96. The van der Waals surface area contributed by atoms with Crippen LogP contribution in [0.2, 0.25) is 0 Å². The molecule has 0 fully saturated rings. The maximum atomic E-state index is 12.5. The Bertz CT molecular complexity index is 540. The van der Waals surface area contributed by atoms with Crippen molar-refractivity contribution in [2.45, 2.75) is 16.1 Å². The number of nitrogens with zero attached hydrogens (tertiary/aromatic N) is 1. The van der Waals surface area contributed by atoms with Crippen LogP contribution in [0.25, 0.3) is 0 Å². The van der Waals surface area contributed by atoms with Crippen molar-refractivity contribution in [2.75, 3.05) is 0 Å². The van der Waals surface area contributed by atoms with Gasteiger partial charge in [0.15, 0.2) is 0 Å². The Labute approximate surface area is 105 Å². The summed E-state index contributed by atoms with van der Waals surface area (Å²) in [6, 6.07) is 9.92. The number of halogens is 3. The van der Waals surface area contributed by atoms with Gasteiger partial charge >= 0.3 is 6.18 Å². The van der Waals surface area contributed by atoms with E-state index in [-0.39, 0.29) is 10.8 Å². The number of phenols is 1. The van der Waals surface area contributed by atoms with Gasteiger partial charge < -0.3 is 5.11 Å². The molecule has 0 aliphatic heterocycles. The summed E-state index contributed by atoms with van der Waals surface area (Å²) in [4.78, 5) is 4.25. The van der Waals surface area contributed by atoms with Gasteiger partial charge in [0.25, 0.3) is 0 Å². The molecule has 2 nitrogen and oxygen atoms in total. The fourth-order valence-electron chi connectivity index (χ4n) is 1.26. The maximum Gasteiger partial charge on any atom is 0.433 e. The Morgan fingerprint density at radius 3 is 2.28 bits per heavy atom. The number of hydrogen-bond donors (Lipinski definition) is 1. The van der Waals surface area contributed by atoms with Crippen molar-refractivity contribution in [3.8, 4) is 5.75 Å². The molecule has 0 amide bonds. The second-order valence-electron chi connectivity index (χ2n) is 3.45. The summed E-state index contributed by atoms with van der Waals surface area (Å²) in [6.07, 6.45) is -4.44. The first-order valence-electron chi connectivity index (χ1n) is 4.96. The molecule has 0 radical (unpaired) electrons. The van der Waals surface area contributed by atoms with E-state index >= 15 is 0 Å². The average Bonchev–Trinajstić information content (AvgIpc) is 2.31. The van der Waals surface area contributed by atoms with Crippen molar-refractivity contribution < 1.29 is 18.3 Å². The molecule has 2 rings (SSSR count). The summed E-state index contributed by atoms with van der Waals surface area (Å²) in [5.74, 6) is 0.108. The van der Waals surface area contributed by atoms with Gasteiger partial charge in [-0.2, -0.15) is 13.2 Å². The van der Waals surface area contributed by atoms with Crippen molar-refractivity contribution in [1.82, 2.24) is 4.98 Å². The first-order valence-corrected chi connectivity index (χ1v) is 5.78. The Morgan fingerprint density at radius 1 is 1.00 bits per heavy atom. The number of phenolic OH excluding ortho intramolecular Hbond substituents is 1. The van der Waals surface area contributed by atoms with E-state index in [2.05, 4.69) is 4.98 Å². The first kappa shape index (κ1) is 12.8. The maximum absolute atomic E-state index is 12.5. The van der Waals surface area contributed by atoms with Gasteiger partial charge in [0.1, 0.15) is 16.5 Å². The fraction of sp³-hybridized carbons (Fsp3) is 0.0833. The first-order chi connectivity index (χ1) is 8.45. The third-order valence-electron chi connectivity index (χ3n) is 2.07. The molecule has 1 aromatic carbocycles. The molecule has 6 heteroatoms. The molecule has 0 spiro atoms. The van der Waals surface area contributed by atoms with E-state index in [9.17, 15) is 13.2 Å². The highest BCUT2D eigenvalue weighted by Crippen LogP contribution is 2.32. The van der Waals surface area contributed by atoms with Crippen LogP contribution in [0.15, 0.2) is 52.4 Å². The number of hydrogen-bond acceptors (Lipinski definition) is 3. The Balaban J connectivity index is 2.22. The van der Waals surface area contributed by atoms with Crippen LogP contribution in [0.5, 0.6) is 5.75 Å². The predicted molar refractivity (Wildman–Crippen MR) is 61.5 cm³/mol. The minimum Gasteiger partial charge on any atom is -0.508 e. The van der Waals surface area contributed by atoms with E-state index in [0.29, 0.717) is 4.90 Å². The molecule has 0 atom stereocenters. The van der Waals surface area contributed by atoms with Crippen LogP contribution >= 0.6 is 11.8 Å². The normalized spacial score (nSPS) is 11.5. The van der Waals surface area contributed by atoms with Crippen LogP contribution in [0.4, 0.5) is 13.2 Å². The number of aromatic nitrogens is 1. The van der Waals surface area contributed by atoms with Gasteiger partial charge in [-0.15, -0.1) is 0 Å². The number of rotatable bonds is 2. The largest absolute Gasteiger partial charge is 0.508 e. The van der Waals surface area contributed by atoms with Gasteiger partial charge in [-0.25, -0.2) is 4.98 Å². The lowest BCUT2D eigenvalue weighted by Crippen LogP contribution is -2.07. The number of benzene rings is 1. The Kier molecular flexibility index (Phi) is 3.47. The molecule has 0 aliphatic carbocycles. The molecule has 2 aromatic rings. The highest BCUT2D eigenvalue weighted by molar-refractivity contribution is 7.99. The van der Waals surface area contributed by atoms with E-state index in [1.807, 2.05) is 0 Å². The SMILES string of the molecule is Oc1ccc(Sc2cccc(C(F)(F)F)n2)cc1. The minimum atomic E-state index is -4.44. The molecular weight excluding hydrogens is 263 g/mol. The summed E-state index contributed by atoms with van der Waals surface area (Å²) in [7, 11) is 0. The lowest BCUT2D eigenvalue weighted by atomic mass is 10.3. The molecule has 0 unspecified atom stereocenters. The number of alkyl halides is 3. The van der Waals surface area contributed by atoms with Gasteiger partial charge in [-0.1, -0.05) is 17.8 Å². The third kappa shape index (κ3) is 3.16. The Hall–Kier alpha value is -1.69. The quantitative estimate of drug-likeness (QED) is 0.897.